The van der Waals surface area contributed by atoms with Crippen molar-refractivity contribution >= 4 is 33.2 Å². The number of hydrogen-bond donors (Lipinski definition) is 0. The number of benzene rings is 7. The van der Waals surface area contributed by atoms with Gasteiger partial charge >= 0.3 is 0 Å². The molecule has 0 atom stereocenters. The summed E-state index contributed by atoms with van der Waals surface area (Å²) in [5.41, 5.74) is 16.2. The molecular weight excluding hydrogens is 913 g/mol. The number of nitrogens with zero attached hydrogens (tertiary/aromatic N) is 4. The number of fused-ring (bicyclic) bond motifs is 3. The van der Waals surface area contributed by atoms with Crippen LogP contribution in [0.5, 0.6) is 11.5 Å². The van der Waals surface area contributed by atoms with Gasteiger partial charge in [-0.05, 0) is 116 Å². The van der Waals surface area contributed by atoms with Gasteiger partial charge in [0.1, 0.15) is 17.3 Å². The zero-order chi connectivity index (χ0) is 53.2. The Kier molecular flexibility index (Phi) is 13.2. The summed E-state index contributed by atoms with van der Waals surface area (Å²) in [6, 6.07) is 62.4. The summed E-state index contributed by atoms with van der Waals surface area (Å²) < 4.78 is 9.86. The van der Waals surface area contributed by atoms with Crippen LogP contribution in [0.15, 0.2) is 188 Å². The lowest BCUT2D eigenvalue weighted by atomic mass is 9.76. The molecule has 9 aromatic rings. The van der Waals surface area contributed by atoms with E-state index >= 15 is 0 Å². The van der Waals surface area contributed by atoms with Crippen LogP contribution >= 0.6 is 0 Å². The molecule has 0 amide bonds. The predicted molar refractivity (Wildman–Crippen MR) is 318 cm³/mol. The number of ether oxygens (including phenoxy) is 1. The predicted octanol–water partition coefficient (Wildman–Crippen LogP) is 19.0. The van der Waals surface area contributed by atoms with E-state index in [0.717, 1.165) is 39.6 Å². The molecule has 0 radical (unpaired) electrons. The molecular formula is C70H76N4O. The second-order valence-electron chi connectivity index (χ2n) is 24.6. The number of aromatic nitrogens is 2. The van der Waals surface area contributed by atoms with Crippen LogP contribution < -0.4 is 14.5 Å². The van der Waals surface area contributed by atoms with E-state index in [1.165, 1.54) is 66.7 Å². The van der Waals surface area contributed by atoms with E-state index in [0.29, 0.717) is 18.5 Å². The van der Waals surface area contributed by atoms with Crippen LogP contribution in [0.3, 0.4) is 0 Å². The van der Waals surface area contributed by atoms with E-state index in [4.69, 9.17) is 9.72 Å². The molecule has 10 rings (SSSR count). The number of anilines is 2. The highest BCUT2D eigenvalue weighted by molar-refractivity contribution is 6.12. The summed E-state index contributed by atoms with van der Waals surface area (Å²) in [6.07, 6.45) is 4.34. The maximum absolute atomic E-state index is 7.51. The number of allylic oxidation sites excluding steroid dienone is 1. The molecule has 0 saturated carbocycles. The van der Waals surface area contributed by atoms with E-state index < -0.39 is 5.41 Å². The van der Waals surface area contributed by atoms with Crippen LogP contribution in [-0.2, 0) is 16.2 Å². The molecule has 0 N–H and O–H groups in total. The van der Waals surface area contributed by atoms with E-state index in [-0.39, 0.29) is 16.2 Å². The van der Waals surface area contributed by atoms with Crippen molar-refractivity contribution in [2.45, 2.75) is 125 Å². The van der Waals surface area contributed by atoms with Crippen LogP contribution in [0.2, 0.25) is 0 Å². The number of hydrogen-bond acceptors (Lipinski definition) is 4. The minimum atomic E-state index is -0.411. The molecule has 1 aliphatic heterocycles. The Bertz CT molecular complexity index is 3550. The zero-order valence-electron chi connectivity index (χ0n) is 46.9. The van der Waals surface area contributed by atoms with Crippen LogP contribution in [0.1, 0.15) is 148 Å². The molecule has 7 aromatic carbocycles. The molecule has 1 aliphatic rings. The molecule has 0 saturated heterocycles. The third kappa shape index (κ3) is 9.67. The molecule has 75 heavy (non-hydrogen) atoms. The fraction of sp³-hybridized carbons (Fsp3) is 0.300. The lowest BCUT2D eigenvalue weighted by Crippen LogP contribution is -2.30. The second-order valence-corrected chi connectivity index (χ2v) is 24.6. The third-order valence-electron chi connectivity index (χ3n) is 15.9. The van der Waals surface area contributed by atoms with E-state index in [9.17, 15) is 0 Å². The van der Waals surface area contributed by atoms with E-state index in [2.05, 4.69) is 287 Å². The van der Waals surface area contributed by atoms with Gasteiger partial charge in [0.2, 0.25) is 0 Å². The molecule has 0 fully saturated rings. The Hall–Kier alpha value is -7.37. The van der Waals surface area contributed by atoms with Gasteiger partial charge < -0.3 is 14.5 Å². The first-order valence-electron chi connectivity index (χ1n) is 27.1. The van der Waals surface area contributed by atoms with Gasteiger partial charge in [-0.15, -0.1) is 0 Å². The molecule has 382 valence electrons. The summed E-state index contributed by atoms with van der Waals surface area (Å²) in [5, 5.41) is 2.37. The first kappa shape index (κ1) is 51.1. The fourth-order valence-corrected chi connectivity index (χ4v) is 11.4. The summed E-state index contributed by atoms with van der Waals surface area (Å²) in [6.45, 7) is 33.0. The average Bonchev–Trinajstić information content (AvgIpc) is 4.00. The van der Waals surface area contributed by atoms with Gasteiger partial charge in [0, 0.05) is 68.6 Å². The average molecular weight is 989 g/mol. The monoisotopic (exact) mass is 989 g/mol. The van der Waals surface area contributed by atoms with Crippen LogP contribution in [-0.4, -0.2) is 16.2 Å². The highest BCUT2D eigenvalue weighted by Crippen LogP contribution is 2.48. The first-order chi connectivity index (χ1) is 35.6. The highest BCUT2D eigenvalue weighted by atomic mass is 16.5. The maximum atomic E-state index is 7.51. The van der Waals surface area contributed by atoms with Gasteiger partial charge in [0.05, 0.1) is 17.7 Å². The zero-order valence-corrected chi connectivity index (χ0v) is 46.9. The van der Waals surface area contributed by atoms with Crippen molar-refractivity contribution in [2.75, 3.05) is 16.5 Å². The summed E-state index contributed by atoms with van der Waals surface area (Å²) in [4.78, 5) is 10.1. The van der Waals surface area contributed by atoms with Crippen molar-refractivity contribution in [1.29, 1.82) is 0 Å². The Morgan fingerprint density at radius 1 is 0.493 bits per heavy atom. The standard InChI is InChI=1S/C70H76N4O/c1-46(2)57-32-24-33-58(47(3)4)65(57)48-37-54(72-44-63(68(8,9)10)73(45-72)53-30-23-29-51(39-53)67(5,6)7)41-55(38-48)75-56-42-60(70(13,14)50-27-19-16-20-28-50)66-59-31-21-22-34-61(59)74(62(66)43-56)64-40-52(35-36-71-64)69(11,12)49-25-17-15-18-26-49/h15-44,46-47H,45H2,1-14H3. The van der Waals surface area contributed by atoms with Gasteiger partial charge in [-0.2, -0.15) is 0 Å². The summed E-state index contributed by atoms with van der Waals surface area (Å²) >= 11 is 0. The lowest BCUT2D eigenvalue weighted by Gasteiger charge is -2.32. The summed E-state index contributed by atoms with van der Waals surface area (Å²) in [5.74, 6) is 3.05. The minimum Gasteiger partial charge on any atom is -0.457 e. The van der Waals surface area contributed by atoms with Crippen molar-refractivity contribution in [3.8, 4) is 28.4 Å². The summed E-state index contributed by atoms with van der Waals surface area (Å²) in [7, 11) is 0. The fourth-order valence-electron chi connectivity index (χ4n) is 11.4. The van der Waals surface area contributed by atoms with Crippen LogP contribution in [0.4, 0.5) is 11.4 Å². The topological polar surface area (TPSA) is 33.5 Å². The first-order valence-corrected chi connectivity index (χ1v) is 27.1. The van der Waals surface area contributed by atoms with E-state index in [1.807, 2.05) is 6.20 Å². The maximum Gasteiger partial charge on any atom is 0.137 e. The van der Waals surface area contributed by atoms with Gasteiger partial charge in [0.15, 0.2) is 0 Å². The van der Waals surface area contributed by atoms with Crippen LogP contribution in [0, 0.1) is 5.41 Å². The molecule has 5 heteroatoms. The van der Waals surface area contributed by atoms with Crippen molar-refractivity contribution < 1.29 is 4.74 Å². The van der Waals surface area contributed by atoms with Crippen LogP contribution in [0.25, 0.3) is 38.8 Å². The van der Waals surface area contributed by atoms with Crippen molar-refractivity contribution in [3.63, 3.8) is 0 Å². The minimum absolute atomic E-state index is 0.0207. The molecule has 5 nitrogen and oxygen atoms in total. The molecule has 3 heterocycles. The molecule has 2 aromatic heterocycles. The highest BCUT2D eigenvalue weighted by Gasteiger charge is 2.34. The second kappa shape index (κ2) is 19.4. The number of para-hydroxylation sites is 1. The van der Waals surface area contributed by atoms with E-state index in [1.54, 1.807) is 0 Å². The van der Waals surface area contributed by atoms with Gasteiger partial charge in [-0.3, -0.25) is 4.57 Å². The molecule has 0 unspecified atom stereocenters. The number of rotatable bonds is 12. The SMILES string of the molecule is CC(C)c1cccc(C(C)C)c1-c1cc(Oc2cc(C(C)(C)c3ccccc3)c3c4ccccc4n(-c4cc(C(C)(C)c5ccccc5)ccn4)c3c2)cc(N2C=C(C(C)(C)C)N(c3cccc(C(C)(C)C)c3)C2)c1. The van der Waals surface area contributed by atoms with Crippen molar-refractivity contribution in [2.24, 2.45) is 5.41 Å². The number of pyridine rings is 1. The van der Waals surface area contributed by atoms with Gasteiger partial charge in [0.25, 0.3) is 0 Å². The largest absolute Gasteiger partial charge is 0.457 e. The smallest absolute Gasteiger partial charge is 0.137 e. The van der Waals surface area contributed by atoms with Gasteiger partial charge in [-0.1, -0.05) is 206 Å². The quantitative estimate of drug-likeness (QED) is 0.122. The Balaban J connectivity index is 1.20. The Morgan fingerprint density at radius 2 is 1.09 bits per heavy atom. The Labute approximate surface area is 447 Å². The molecule has 0 bridgehead atoms. The normalized spacial score (nSPS) is 13.7. The molecule has 0 spiro atoms. The lowest BCUT2D eigenvalue weighted by molar-refractivity contribution is 0.481. The molecule has 0 aliphatic carbocycles. The van der Waals surface area contributed by atoms with Gasteiger partial charge in [-0.25, -0.2) is 4.98 Å². The Morgan fingerprint density at radius 3 is 1.73 bits per heavy atom. The third-order valence-corrected chi connectivity index (χ3v) is 15.9. The van der Waals surface area contributed by atoms with Crippen molar-refractivity contribution in [1.82, 2.24) is 9.55 Å². The van der Waals surface area contributed by atoms with Crippen molar-refractivity contribution in [3.05, 3.63) is 227 Å².